The normalized spacial score (nSPS) is 11.7. The molecule has 1 aromatic carbocycles. The number of alkyl halides is 1. The smallest absolute Gasteiger partial charge is 0.348 e. The first-order valence-electron chi connectivity index (χ1n) is 4.96. The molecule has 0 fully saturated rings. The zero-order valence-corrected chi connectivity index (χ0v) is 11.8. The van der Waals surface area contributed by atoms with Gasteiger partial charge in [0, 0.05) is 19.2 Å². The van der Waals surface area contributed by atoms with Crippen molar-refractivity contribution in [2.45, 2.75) is 12.5 Å². The maximum absolute atomic E-state index is 5.53. The summed E-state index contributed by atoms with van der Waals surface area (Å²) in [5.74, 6) is 0. The highest BCUT2D eigenvalue weighted by Gasteiger charge is 2.33. The van der Waals surface area contributed by atoms with Crippen molar-refractivity contribution in [1.29, 1.82) is 0 Å². The summed E-state index contributed by atoms with van der Waals surface area (Å²) in [5, 5.41) is 0. The SMILES string of the molecule is CO[Si](CBr)(CCc1ccccc1)OC. The molecule has 1 rings (SSSR count). The first kappa shape index (κ1) is 12.9. The second kappa shape index (κ2) is 6.43. The Morgan fingerprint density at radius 2 is 1.73 bits per heavy atom. The average molecular weight is 289 g/mol. The molecule has 4 heteroatoms. The summed E-state index contributed by atoms with van der Waals surface area (Å²) in [6.45, 7) is 0. The second-order valence-corrected chi connectivity index (χ2v) is 8.53. The van der Waals surface area contributed by atoms with Gasteiger partial charge in [-0.05, 0) is 18.0 Å². The summed E-state index contributed by atoms with van der Waals surface area (Å²) in [6, 6.07) is 11.4. The number of rotatable bonds is 6. The summed E-state index contributed by atoms with van der Waals surface area (Å²) in [4.78, 5) is 0.819. The molecular weight excluding hydrogens is 272 g/mol. The number of hydrogen-bond donors (Lipinski definition) is 0. The van der Waals surface area contributed by atoms with Gasteiger partial charge in [-0.3, -0.25) is 0 Å². The molecule has 0 saturated heterocycles. The van der Waals surface area contributed by atoms with Crippen molar-refractivity contribution in [1.82, 2.24) is 0 Å². The van der Waals surface area contributed by atoms with Gasteiger partial charge in [-0.2, -0.15) is 0 Å². The van der Waals surface area contributed by atoms with Crippen LogP contribution in [0.3, 0.4) is 0 Å². The van der Waals surface area contributed by atoms with E-state index in [2.05, 4.69) is 40.2 Å². The molecule has 0 N–H and O–H groups in total. The van der Waals surface area contributed by atoms with E-state index in [0.717, 1.165) is 17.4 Å². The molecule has 84 valence electrons. The van der Waals surface area contributed by atoms with Gasteiger partial charge in [0.2, 0.25) is 0 Å². The molecule has 0 amide bonds. The van der Waals surface area contributed by atoms with Crippen LogP contribution in [0.4, 0.5) is 0 Å². The van der Waals surface area contributed by atoms with Gasteiger partial charge < -0.3 is 8.85 Å². The zero-order valence-electron chi connectivity index (χ0n) is 9.20. The van der Waals surface area contributed by atoms with Gasteiger partial charge in [-0.15, -0.1) is 0 Å². The largest absolute Gasteiger partial charge is 0.397 e. The molecule has 0 atom stereocenters. The molecule has 0 radical (unpaired) electrons. The van der Waals surface area contributed by atoms with Gasteiger partial charge in [0.25, 0.3) is 0 Å². The first-order chi connectivity index (χ1) is 7.26. The van der Waals surface area contributed by atoms with Gasteiger partial charge >= 0.3 is 8.56 Å². The molecule has 0 saturated carbocycles. The van der Waals surface area contributed by atoms with Gasteiger partial charge in [0.1, 0.15) is 0 Å². The van der Waals surface area contributed by atoms with E-state index in [1.165, 1.54) is 5.56 Å². The minimum Gasteiger partial charge on any atom is -0.397 e. The minimum absolute atomic E-state index is 0.819. The number of hydrogen-bond acceptors (Lipinski definition) is 2. The fourth-order valence-electron chi connectivity index (χ4n) is 1.44. The van der Waals surface area contributed by atoms with Gasteiger partial charge in [-0.1, -0.05) is 46.3 Å². The summed E-state index contributed by atoms with van der Waals surface area (Å²) in [5.41, 5.74) is 1.34. The Bertz CT molecular complexity index is 267. The topological polar surface area (TPSA) is 18.5 Å². The van der Waals surface area contributed by atoms with E-state index in [9.17, 15) is 0 Å². The standard InChI is InChI=1S/C11H17BrO2Si/c1-13-15(10-12,14-2)9-8-11-6-4-3-5-7-11/h3-7H,8-10H2,1-2H3. The number of halogens is 1. The van der Waals surface area contributed by atoms with E-state index in [0.29, 0.717) is 0 Å². The maximum Gasteiger partial charge on any atom is 0.348 e. The van der Waals surface area contributed by atoms with Crippen molar-refractivity contribution in [2.24, 2.45) is 0 Å². The van der Waals surface area contributed by atoms with Crippen LogP contribution < -0.4 is 0 Å². The number of aryl methyl sites for hydroxylation is 1. The fourth-order valence-corrected chi connectivity index (χ4v) is 5.25. The van der Waals surface area contributed by atoms with Gasteiger partial charge in [0.05, 0.1) is 0 Å². The van der Waals surface area contributed by atoms with Crippen molar-refractivity contribution in [3.8, 4) is 0 Å². The lowest BCUT2D eigenvalue weighted by molar-refractivity contribution is 0.249. The van der Waals surface area contributed by atoms with Crippen molar-refractivity contribution < 1.29 is 8.85 Å². The van der Waals surface area contributed by atoms with E-state index in [1.54, 1.807) is 14.2 Å². The molecular formula is C11H17BrO2Si. The van der Waals surface area contributed by atoms with Gasteiger partial charge in [-0.25, -0.2) is 0 Å². The van der Waals surface area contributed by atoms with Crippen LogP contribution in [-0.2, 0) is 15.3 Å². The van der Waals surface area contributed by atoms with E-state index in [4.69, 9.17) is 8.85 Å². The first-order valence-corrected chi connectivity index (χ1v) is 8.32. The van der Waals surface area contributed by atoms with Crippen molar-refractivity contribution in [3.05, 3.63) is 35.9 Å². The van der Waals surface area contributed by atoms with Crippen LogP contribution >= 0.6 is 15.9 Å². The monoisotopic (exact) mass is 288 g/mol. The molecule has 0 unspecified atom stereocenters. The van der Waals surface area contributed by atoms with Crippen LogP contribution in [0.15, 0.2) is 30.3 Å². The molecule has 2 nitrogen and oxygen atoms in total. The Hall–Kier alpha value is -0.163. The number of benzene rings is 1. The van der Waals surface area contributed by atoms with Crippen molar-refractivity contribution >= 4 is 24.5 Å². The van der Waals surface area contributed by atoms with Crippen LogP contribution in [0.25, 0.3) is 0 Å². The third-order valence-electron chi connectivity index (χ3n) is 2.59. The van der Waals surface area contributed by atoms with Crippen molar-refractivity contribution in [3.63, 3.8) is 0 Å². The highest BCUT2D eigenvalue weighted by Crippen LogP contribution is 2.18. The molecule has 0 aliphatic rings. The lowest BCUT2D eigenvalue weighted by Gasteiger charge is -2.25. The summed E-state index contributed by atoms with van der Waals surface area (Å²) >= 11 is 3.48. The maximum atomic E-state index is 5.53. The summed E-state index contributed by atoms with van der Waals surface area (Å²) in [6.07, 6.45) is 1.01. The molecule has 0 aromatic heterocycles. The molecule has 15 heavy (non-hydrogen) atoms. The Morgan fingerprint density at radius 1 is 1.13 bits per heavy atom. The van der Waals surface area contributed by atoms with Crippen LogP contribution in [0, 0.1) is 0 Å². The third-order valence-corrected chi connectivity index (χ3v) is 8.06. The molecule has 1 aromatic rings. The Kier molecular flexibility index (Phi) is 5.53. The zero-order chi connectivity index (χ0) is 11.1. The second-order valence-electron chi connectivity index (χ2n) is 3.44. The van der Waals surface area contributed by atoms with E-state index < -0.39 is 8.56 Å². The van der Waals surface area contributed by atoms with Gasteiger partial charge in [0.15, 0.2) is 0 Å². The summed E-state index contributed by atoms with van der Waals surface area (Å²) < 4.78 is 11.1. The Labute approximate surface area is 101 Å². The third kappa shape index (κ3) is 3.72. The van der Waals surface area contributed by atoms with Crippen LogP contribution in [0.5, 0.6) is 0 Å². The fraction of sp³-hybridized carbons (Fsp3) is 0.455. The average Bonchev–Trinajstić information content (AvgIpc) is 2.33. The lowest BCUT2D eigenvalue weighted by Crippen LogP contribution is -2.42. The molecule has 0 heterocycles. The summed E-state index contributed by atoms with van der Waals surface area (Å²) in [7, 11) is 1.49. The van der Waals surface area contributed by atoms with Crippen LogP contribution in [-0.4, -0.2) is 27.7 Å². The predicted molar refractivity (Wildman–Crippen MR) is 68.5 cm³/mol. The highest BCUT2D eigenvalue weighted by atomic mass is 79.9. The quantitative estimate of drug-likeness (QED) is 0.592. The van der Waals surface area contributed by atoms with Crippen LogP contribution in [0.2, 0.25) is 6.04 Å². The Balaban J connectivity index is 2.54. The van der Waals surface area contributed by atoms with E-state index >= 15 is 0 Å². The molecule has 0 spiro atoms. The van der Waals surface area contributed by atoms with E-state index in [-0.39, 0.29) is 0 Å². The lowest BCUT2D eigenvalue weighted by atomic mass is 10.2. The van der Waals surface area contributed by atoms with E-state index in [1.807, 2.05) is 6.07 Å². The van der Waals surface area contributed by atoms with Crippen LogP contribution in [0.1, 0.15) is 5.56 Å². The minimum atomic E-state index is -1.98. The molecule has 0 bridgehead atoms. The predicted octanol–water partition coefficient (Wildman–Crippen LogP) is 2.90. The Morgan fingerprint density at radius 3 is 2.20 bits per heavy atom. The highest BCUT2D eigenvalue weighted by molar-refractivity contribution is 9.09. The molecule has 0 aliphatic carbocycles. The molecule has 0 aliphatic heterocycles. The van der Waals surface area contributed by atoms with Crippen molar-refractivity contribution in [2.75, 3.05) is 19.2 Å².